The summed E-state index contributed by atoms with van der Waals surface area (Å²) >= 11 is 3.63. The Morgan fingerprint density at radius 3 is 0.893 bits per heavy atom. The summed E-state index contributed by atoms with van der Waals surface area (Å²) in [6, 6.07) is 129. The van der Waals surface area contributed by atoms with Crippen LogP contribution in [0.15, 0.2) is 423 Å². The maximum absolute atomic E-state index is 9.50. The Labute approximate surface area is 877 Å². The first-order chi connectivity index (χ1) is 67.3. The third-order valence-corrected chi connectivity index (χ3v) is 39.8. The fourth-order valence-corrected chi connectivity index (χ4v) is 32.2. The molecule has 0 nitrogen and oxygen atoms in total. The quantitative estimate of drug-likeness (QED) is 0.0232. The zero-order valence-corrected chi connectivity index (χ0v) is 93.9. The second-order valence-corrected chi connectivity index (χ2v) is 51.8. The molecule has 12 aromatic rings. The van der Waals surface area contributed by atoms with E-state index in [9.17, 15) is 4.39 Å². The van der Waals surface area contributed by atoms with Crippen LogP contribution in [0.25, 0.3) is 0 Å². The molecule has 17 rings (SSSR count). The van der Waals surface area contributed by atoms with Crippen molar-refractivity contribution in [3.63, 3.8) is 0 Å². The minimum absolute atomic E-state index is 0. The Morgan fingerprint density at radius 2 is 0.657 bits per heavy atom. The van der Waals surface area contributed by atoms with Gasteiger partial charge < -0.3 is 0 Å². The smallest absolute Gasteiger partial charge is 0.0785 e. The van der Waals surface area contributed by atoms with E-state index in [2.05, 4.69) is 513 Å². The predicted octanol–water partition coefficient (Wildman–Crippen LogP) is 34.1. The molecule has 0 spiro atoms. The number of hydrogen-bond acceptors (Lipinski definition) is 0. The zero-order valence-electron chi connectivity index (χ0n) is 87.2. The SMILES string of the molecule is C#CCC(C)C[C@H](C)C=C.C=C1/C(=C\C=C2/CCC[C@]3(C)[C@@H]([C@H](C)CCCC(C)(C)C)CC[C@@H]23)C[C@@H](C)C[C@@H]1C.CF.C[C@H](CCCC(C)(C)C)[C@H]1CC[C@H]2/C(=C/Br)CCC[C@]12C.[Pd].c1ccc(P(c2ccccc2)c2ccccc2)cc1.c1ccc(P(c2ccccc2)c2ccccc2)cc1.c1ccc(P(c2ccccc2)c2ccccc2)cc1.c1ccc(P(c2ccccc2)c2ccccc2)cc1. The molecular formula is C133H164BrFP4Pd. The number of allylic oxidation sites excluding steroid dienone is 7. The minimum Gasteiger partial charge on any atom is -0.255 e. The van der Waals surface area contributed by atoms with Gasteiger partial charge in [0.15, 0.2) is 0 Å². The first-order valence-corrected chi connectivity index (χ1v) is 58.2. The molecule has 12 atom stereocenters. The Hall–Kier alpha value is -8.31. The molecule has 0 amide bonds. The molecule has 0 heterocycles. The van der Waals surface area contributed by atoms with Crippen LogP contribution in [0.2, 0.25) is 0 Å². The maximum atomic E-state index is 9.50. The van der Waals surface area contributed by atoms with Gasteiger partial charge in [-0.1, -0.05) is 538 Å². The van der Waals surface area contributed by atoms with E-state index in [1.54, 1.807) is 11.1 Å². The molecule has 740 valence electrons. The number of benzene rings is 12. The van der Waals surface area contributed by atoms with Crippen molar-refractivity contribution < 1.29 is 24.8 Å². The molecule has 0 aliphatic heterocycles. The van der Waals surface area contributed by atoms with Crippen LogP contribution in [0.1, 0.15) is 225 Å². The molecule has 0 radical (unpaired) electrons. The summed E-state index contributed by atoms with van der Waals surface area (Å²) in [6.45, 7) is 41.9. The molecular weight excluding hydrogens is 1930 g/mol. The molecule has 0 bridgehead atoms. The summed E-state index contributed by atoms with van der Waals surface area (Å²) in [7, 11) is -1.28. The van der Waals surface area contributed by atoms with E-state index in [1.165, 1.54) is 190 Å². The number of rotatable bonds is 25. The van der Waals surface area contributed by atoms with Gasteiger partial charge in [0.2, 0.25) is 0 Å². The molecule has 1 unspecified atom stereocenters. The van der Waals surface area contributed by atoms with E-state index in [0.29, 0.717) is 46.6 Å². The number of halogens is 2. The van der Waals surface area contributed by atoms with E-state index in [0.717, 1.165) is 54.3 Å². The third-order valence-electron chi connectivity index (χ3n) is 29.4. The monoisotopic (exact) mass is 2090 g/mol. The van der Waals surface area contributed by atoms with Crippen LogP contribution < -0.4 is 63.7 Å². The van der Waals surface area contributed by atoms with Gasteiger partial charge in [0, 0.05) is 26.8 Å². The van der Waals surface area contributed by atoms with Gasteiger partial charge in [-0.05, 0) is 289 Å². The summed E-state index contributed by atoms with van der Waals surface area (Å²) in [4.78, 5) is 2.25. The number of terminal acetylenes is 1. The third kappa shape index (κ3) is 35.6. The molecule has 5 saturated carbocycles. The number of alkyl halides is 1. The summed E-state index contributed by atoms with van der Waals surface area (Å²) in [5.74, 6) is 10.7. The Bertz CT molecular complexity index is 4720. The van der Waals surface area contributed by atoms with Gasteiger partial charge in [0.25, 0.3) is 0 Å². The summed E-state index contributed by atoms with van der Waals surface area (Å²) < 4.78 is 9.50. The topological polar surface area (TPSA) is 0 Å². The molecule has 5 aliphatic rings. The van der Waals surface area contributed by atoms with Crippen molar-refractivity contribution >= 4 is 111 Å². The van der Waals surface area contributed by atoms with Crippen molar-refractivity contribution in [1.82, 2.24) is 0 Å². The average Bonchev–Trinajstić information content (AvgIpc) is 1.61. The van der Waals surface area contributed by atoms with Crippen molar-refractivity contribution in [2.24, 2.45) is 80.8 Å². The second kappa shape index (κ2) is 60.5. The first kappa shape index (κ1) is 115. The Morgan fingerprint density at radius 1 is 0.407 bits per heavy atom. The van der Waals surface area contributed by atoms with Crippen molar-refractivity contribution in [1.29, 1.82) is 0 Å². The van der Waals surface area contributed by atoms with Gasteiger partial charge in [0.05, 0.1) is 7.18 Å². The first-order valence-electron chi connectivity index (χ1n) is 51.9. The molecule has 0 aromatic heterocycles. The second-order valence-electron chi connectivity index (χ2n) is 42.5. The van der Waals surface area contributed by atoms with Crippen LogP contribution >= 0.6 is 47.6 Å². The van der Waals surface area contributed by atoms with Gasteiger partial charge in [-0.25, -0.2) is 0 Å². The van der Waals surface area contributed by atoms with Gasteiger partial charge in [-0.3, -0.25) is 4.39 Å². The Kier molecular flexibility index (Phi) is 49.8. The molecule has 7 heteroatoms. The van der Waals surface area contributed by atoms with Gasteiger partial charge >= 0.3 is 0 Å². The largest absolute Gasteiger partial charge is 0.255 e. The number of fused-ring (bicyclic) bond motifs is 2. The minimum atomic E-state index is -0.446. The molecule has 140 heavy (non-hydrogen) atoms. The van der Waals surface area contributed by atoms with Crippen LogP contribution in [0, 0.1) is 93.2 Å². The molecule has 5 fully saturated rings. The summed E-state index contributed by atoms with van der Waals surface area (Å²) in [6.07, 6.45) is 39.3. The molecule has 5 aliphatic carbocycles. The van der Waals surface area contributed by atoms with E-state index >= 15 is 0 Å². The normalized spacial score (nSPS) is 20.7. The molecule has 0 N–H and O–H groups in total. The fourth-order valence-electron chi connectivity index (χ4n) is 22.4. The van der Waals surface area contributed by atoms with E-state index in [1.807, 2.05) is 6.08 Å². The van der Waals surface area contributed by atoms with E-state index < -0.39 is 31.7 Å². The van der Waals surface area contributed by atoms with Crippen LogP contribution in [-0.4, -0.2) is 7.18 Å². The molecule has 12 aromatic carbocycles. The molecule has 0 saturated heterocycles. The summed E-state index contributed by atoms with van der Waals surface area (Å²) in [5, 5.41) is 16.8. The van der Waals surface area contributed by atoms with E-state index in [4.69, 9.17) is 6.42 Å². The zero-order chi connectivity index (χ0) is 99.4. The van der Waals surface area contributed by atoms with Crippen molar-refractivity contribution in [3.05, 3.63) is 423 Å². The Balaban J connectivity index is 0.000000184. The standard InChI is InChI=1S/C30H50.C20H35Br.4C18H15P.C10H16.CH3F.Pd/c1-21-19-23(3)24(4)26(20-21)14-13-25-12-10-18-30(8)27(15-16-28(25)30)22(2)11-9-17-29(5,6)7;1-15(8-6-12-19(2,3)4)17-10-11-18-16(14-21)9-7-13-20(17,18)5;4*1-4-10-16(11-5-1)19(17-12-6-2-7-13-17)18-14-8-3-9-15-18;1-5-7-10(4)8-9(3)6-2;1-2;/h13-14,21-23,27-28H,4,9-12,15-20H2,1-3,5-8H3;14-15,17-18H,6-13H2,1-5H3;4*1-15H;1,6,9-10H,2,7-8H2,3-4H3;1H3;/b25-13+,26-14-;16-14+;;;;;;;/t21-,22+,23-,27+,28-,30+;15-,17-,18+,20-;;;;;9-,10?;;/m01....1../s1. The van der Waals surface area contributed by atoms with Crippen LogP contribution in [0.5, 0.6) is 0 Å². The van der Waals surface area contributed by atoms with Gasteiger partial charge in [0.1, 0.15) is 0 Å². The van der Waals surface area contributed by atoms with E-state index in [-0.39, 0.29) is 20.4 Å². The average molecular weight is 2090 g/mol. The van der Waals surface area contributed by atoms with Gasteiger partial charge in [-0.15, -0.1) is 18.9 Å². The van der Waals surface area contributed by atoms with Crippen LogP contribution in [0.4, 0.5) is 4.39 Å². The van der Waals surface area contributed by atoms with Crippen molar-refractivity contribution in [3.8, 4) is 12.3 Å². The van der Waals surface area contributed by atoms with Gasteiger partial charge in [-0.2, -0.15) is 0 Å². The van der Waals surface area contributed by atoms with Crippen molar-refractivity contribution in [2.45, 2.75) is 225 Å². The van der Waals surface area contributed by atoms with Crippen molar-refractivity contribution in [2.75, 3.05) is 7.18 Å². The van der Waals surface area contributed by atoms with Crippen LogP contribution in [-0.2, 0) is 20.4 Å². The summed E-state index contributed by atoms with van der Waals surface area (Å²) in [5.41, 5.74) is 8.50. The van der Waals surface area contributed by atoms with Crippen LogP contribution in [0.3, 0.4) is 0 Å². The fraction of sp³-hybridized carbons (Fsp3) is 0.368. The predicted molar refractivity (Wildman–Crippen MR) is 625 cm³/mol. The number of hydrogen-bond donors (Lipinski definition) is 0. The maximum Gasteiger partial charge on any atom is 0.0785 e.